The molecule has 0 aliphatic heterocycles. The Morgan fingerprint density at radius 2 is 2.15 bits per heavy atom. The molecule has 0 rings (SSSR count). The third kappa shape index (κ3) is 5.16. The summed E-state index contributed by atoms with van der Waals surface area (Å²) in [5.41, 5.74) is 0. The van der Waals surface area contributed by atoms with Crippen molar-refractivity contribution in [3.63, 3.8) is 0 Å². The molecule has 78 valence electrons. The number of hydrogen-bond acceptors (Lipinski definition) is 4. The number of carbonyl (C=O) groups is 1. The van der Waals surface area contributed by atoms with E-state index in [0.29, 0.717) is 6.61 Å². The second-order valence-electron chi connectivity index (χ2n) is 3.01. The molecular weight excluding hydrogens is 186 g/mol. The molecule has 0 bridgehead atoms. The minimum absolute atomic E-state index is 0.0904. The summed E-state index contributed by atoms with van der Waals surface area (Å²) >= 11 is 1.75. The van der Waals surface area contributed by atoms with Gasteiger partial charge in [0, 0.05) is 0 Å². The van der Waals surface area contributed by atoms with E-state index in [9.17, 15) is 4.79 Å². The Kier molecular flexibility index (Phi) is 7.09. The zero-order chi connectivity index (χ0) is 10.3. The van der Waals surface area contributed by atoms with Crippen LogP contribution in [0.3, 0.4) is 0 Å². The van der Waals surface area contributed by atoms with E-state index in [4.69, 9.17) is 4.74 Å². The Bertz CT molecular complexity index is 151. The number of rotatable bonds is 6. The van der Waals surface area contributed by atoms with Crippen LogP contribution in [0.5, 0.6) is 0 Å². The first kappa shape index (κ1) is 12.8. The Morgan fingerprint density at radius 3 is 2.54 bits per heavy atom. The summed E-state index contributed by atoms with van der Waals surface area (Å²) < 4.78 is 4.97. The molecule has 0 aliphatic carbocycles. The van der Waals surface area contributed by atoms with E-state index in [-0.39, 0.29) is 12.0 Å². The van der Waals surface area contributed by atoms with Crippen molar-refractivity contribution >= 4 is 17.7 Å². The van der Waals surface area contributed by atoms with E-state index in [2.05, 4.69) is 0 Å². The number of nitrogens with zero attached hydrogens (tertiary/aromatic N) is 1. The Labute approximate surface area is 84.8 Å². The number of likely N-dealkylation sites (N-methyl/N-ethyl adjacent to an activating group) is 1. The van der Waals surface area contributed by atoms with Crippen LogP contribution in [0.2, 0.25) is 0 Å². The molecule has 0 amide bonds. The Morgan fingerprint density at radius 1 is 1.54 bits per heavy atom. The van der Waals surface area contributed by atoms with Crippen LogP contribution in [-0.2, 0) is 9.53 Å². The first-order chi connectivity index (χ1) is 6.13. The van der Waals surface area contributed by atoms with Crippen molar-refractivity contribution in [2.75, 3.05) is 32.7 Å². The molecule has 0 aliphatic rings. The van der Waals surface area contributed by atoms with Crippen LogP contribution in [0.15, 0.2) is 0 Å². The fraction of sp³-hybridized carbons (Fsp3) is 0.889. The molecule has 0 heterocycles. The number of carbonyl (C=O) groups excluding carboxylic acids is 1. The van der Waals surface area contributed by atoms with Gasteiger partial charge >= 0.3 is 5.97 Å². The predicted octanol–water partition coefficient (Wildman–Crippen LogP) is 1.23. The number of thioether (sulfide) groups is 1. The first-order valence-corrected chi connectivity index (χ1v) is 5.84. The lowest BCUT2D eigenvalue weighted by Crippen LogP contribution is -2.37. The normalized spacial score (nSPS) is 13.0. The quantitative estimate of drug-likeness (QED) is 0.610. The highest BCUT2D eigenvalue weighted by molar-refractivity contribution is 7.98. The highest BCUT2D eigenvalue weighted by Crippen LogP contribution is 2.06. The maximum absolute atomic E-state index is 11.4. The second kappa shape index (κ2) is 7.21. The van der Waals surface area contributed by atoms with Gasteiger partial charge in [-0.15, -0.1) is 0 Å². The highest BCUT2D eigenvalue weighted by Gasteiger charge is 2.20. The molecule has 3 nitrogen and oxygen atoms in total. The summed E-state index contributed by atoms with van der Waals surface area (Å²) in [5.74, 6) is 0.878. The molecule has 0 N–H and O–H groups in total. The van der Waals surface area contributed by atoms with Crippen molar-refractivity contribution in [1.29, 1.82) is 0 Å². The SMILES string of the molecule is CCOC(=O)C(CCSC)N(C)C. The van der Waals surface area contributed by atoms with E-state index in [1.807, 2.05) is 32.2 Å². The van der Waals surface area contributed by atoms with Crippen molar-refractivity contribution in [3.8, 4) is 0 Å². The molecular formula is C9H19NO2S. The lowest BCUT2D eigenvalue weighted by Gasteiger charge is -2.21. The topological polar surface area (TPSA) is 29.5 Å². The van der Waals surface area contributed by atoms with Crippen molar-refractivity contribution in [2.45, 2.75) is 19.4 Å². The molecule has 0 saturated heterocycles. The minimum atomic E-state index is -0.110. The monoisotopic (exact) mass is 205 g/mol. The maximum atomic E-state index is 11.4. The predicted molar refractivity (Wildman–Crippen MR) is 57.1 cm³/mol. The Hall–Kier alpha value is -0.220. The van der Waals surface area contributed by atoms with E-state index < -0.39 is 0 Å². The van der Waals surface area contributed by atoms with Crippen molar-refractivity contribution in [2.24, 2.45) is 0 Å². The number of ether oxygens (including phenoxy) is 1. The van der Waals surface area contributed by atoms with Crippen molar-refractivity contribution in [1.82, 2.24) is 4.90 Å². The summed E-state index contributed by atoms with van der Waals surface area (Å²) in [6.07, 6.45) is 2.89. The van der Waals surface area contributed by atoms with Gasteiger partial charge in [0.15, 0.2) is 0 Å². The maximum Gasteiger partial charge on any atom is 0.323 e. The van der Waals surface area contributed by atoms with Crippen LogP contribution in [0, 0.1) is 0 Å². The van der Waals surface area contributed by atoms with Crippen molar-refractivity contribution < 1.29 is 9.53 Å². The van der Waals surface area contributed by atoms with E-state index in [1.165, 1.54) is 0 Å². The lowest BCUT2D eigenvalue weighted by molar-refractivity contribution is -0.148. The lowest BCUT2D eigenvalue weighted by atomic mass is 10.2. The zero-order valence-electron chi connectivity index (χ0n) is 8.87. The standard InChI is InChI=1S/C9H19NO2S/c1-5-12-9(11)8(10(2)3)6-7-13-4/h8H,5-7H2,1-4H3. The summed E-state index contributed by atoms with van der Waals surface area (Å²) in [6.45, 7) is 2.29. The number of esters is 1. The molecule has 0 spiro atoms. The molecule has 0 radical (unpaired) electrons. The summed E-state index contributed by atoms with van der Waals surface area (Å²) in [7, 11) is 3.81. The van der Waals surface area contributed by atoms with Crippen LogP contribution in [0.1, 0.15) is 13.3 Å². The zero-order valence-corrected chi connectivity index (χ0v) is 9.69. The summed E-state index contributed by atoms with van der Waals surface area (Å²) in [5, 5.41) is 0. The minimum Gasteiger partial charge on any atom is -0.465 e. The fourth-order valence-corrected chi connectivity index (χ4v) is 1.51. The highest BCUT2D eigenvalue weighted by atomic mass is 32.2. The average Bonchev–Trinajstić information content (AvgIpc) is 2.05. The molecule has 1 atom stereocenters. The van der Waals surface area contributed by atoms with Crippen molar-refractivity contribution in [3.05, 3.63) is 0 Å². The van der Waals surface area contributed by atoms with Gasteiger partial charge in [0.05, 0.1) is 6.61 Å². The second-order valence-corrected chi connectivity index (χ2v) is 4.00. The van der Waals surface area contributed by atoms with Crippen LogP contribution in [0.25, 0.3) is 0 Å². The van der Waals surface area contributed by atoms with Gasteiger partial charge in [-0.2, -0.15) is 11.8 Å². The van der Waals surface area contributed by atoms with Gasteiger partial charge in [0.2, 0.25) is 0 Å². The van der Waals surface area contributed by atoms with Gasteiger partial charge in [-0.25, -0.2) is 0 Å². The van der Waals surface area contributed by atoms with Crippen LogP contribution in [-0.4, -0.2) is 49.6 Å². The van der Waals surface area contributed by atoms with Gasteiger partial charge < -0.3 is 4.74 Å². The first-order valence-electron chi connectivity index (χ1n) is 4.45. The van der Waals surface area contributed by atoms with Gasteiger partial charge in [0.25, 0.3) is 0 Å². The summed E-state index contributed by atoms with van der Waals surface area (Å²) in [4.78, 5) is 13.3. The molecule has 13 heavy (non-hydrogen) atoms. The number of hydrogen-bond donors (Lipinski definition) is 0. The van der Waals surface area contributed by atoms with Gasteiger partial charge in [-0.05, 0) is 39.4 Å². The fourth-order valence-electron chi connectivity index (χ4n) is 1.05. The molecule has 0 fully saturated rings. The smallest absolute Gasteiger partial charge is 0.323 e. The summed E-state index contributed by atoms with van der Waals surface area (Å²) in [6, 6.07) is -0.0904. The Balaban J connectivity index is 3.99. The van der Waals surface area contributed by atoms with Gasteiger partial charge in [-0.3, -0.25) is 9.69 Å². The molecule has 0 aromatic heterocycles. The van der Waals surface area contributed by atoms with Crippen LogP contribution in [0.4, 0.5) is 0 Å². The third-order valence-electron chi connectivity index (χ3n) is 1.78. The molecule has 0 saturated carbocycles. The molecule has 4 heteroatoms. The van der Waals surface area contributed by atoms with E-state index in [0.717, 1.165) is 12.2 Å². The average molecular weight is 205 g/mol. The van der Waals surface area contributed by atoms with Crippen LogP contribution >= 0.6 is 11.8 Å². The van der Waals surface area contributed by atoms with E-state index in [1.54, 1.807) is 11.8 Å². The molecule has 1 unspecified atom stereocenters. The van der Waals surface area contributed by atoms with Gasteiger partial charge in [0.1, 0.15) is 6.04 Å². The van der Waals surface area contributed by atoms with E-state index >= 15 is 0 Å². The van der Waals surface area contributed by atoms with Gasteiger partial charge in [-0.1, -0.05) is 0 Å². The third-order valence-corrected chi connectivity index (χ3v) is 2.42. The molecule has 0 aromatic rings. The molecule has 0 aromatic carbocycles. The largest absolute Gasteiger partial charge is 0.465 e. The van der Waals surface area contributed by atoms with Crippen LogP contribution < -0.4 is 0 Å².